The van der Waals surface area contributed by atoms with Crippen LogP contribution in [-0.4, -0.2) is 13.6 Å². The van der Waals surface area contributed by atoms with Crippen LogP contribution in [0.5, 0.6) is 0 Å². The minimum atomic E-state index is 0.754. The SMILES string of the molecule is [C-]#[N+]c1ccc2c(c1)CCN2C. The Kier molecular flexibility index (Phi) is 1.51. The summed E-state index contributed by atoms with van der Waals surface area (Å²) in [6.45, 7) is 7.95. The van der Waals surface area contributed by atoms with Crippen LogP contribution in [0.15, 0.2) is 18.2 Å². The molecule has 0 bridgehead atoms. The largest absolute Gasteiger partial charge is 0.374 e. The Morgan fingerprint density at radius 3 is 3.08 bits per heavy atom. The third-order valence-electron chi connectivity index (χ3n) is 2.32. The maximum Gasteiger partial charge on any atom is 0.187 e. The molecule has 12 heavy (non-hydrogen) atoms. The van der Waals surface area contributed by atoms with E-state index in [1.165, 1.54) is 11.3 Å². The van der Waals surface area contributed by atoms with E-state index in [1.807, 2.05) is 18.2 Å². The van der Waals surface area contributed by atoms with Gasteiger partial charge < -0.3 is 4.90 Å². The molecule has 0 radical (unpaired) electrons. The summed E-state index contributed by atoms with van der Waals surface area (Å²) in [5, 5.41) is 0. The second kappa shape index (κ2) is 2.53. The van der Waals surface area contributed by atoms with Gasteiger partial charge in [-0.3, -0.25) is 0 Å². The van der Waals surface area contributed by atoms with Gasteiger partial charge in [0.1, 0.15) is 0 Å². The van der Waals surface area contributed by atoms with Crippen LogP contribution < -0.4 is 4.90 Å². The molecule has 1 aromatic carbocycles. The van der Waals surface area contributed by atoms with Crippen molar-refractivity contribution in [2.45, 2.75) is 6.42 Å². The molecule has 0 N–H and O–H groups in total. The lowest BCUT2D eigenvalue weighted by atomic mass is 10.1. The number of benzene rings is 1. The minimum absolute atomic E-state index is 0.754. The van der Waals surface area contributed by atoms with E-state index in [2.05, 4.69) is 16.8 Å². The molecule has 1 aliphatic heterocycles. The number of rotatable bonds is 0. The first kappa shape index (κ1) is 7.17. The number of anilines is 1. The third kappa shape index (κ3) is 0.947. The van der Waals surface area contributed by atoms with Gasteiger partial charge in [0.15, 0.2) is 5.69 Å². The number of likely N-dealkylation sites (N-methyl/N-ethyl adjacent to an activating group) is 1. The van der Waals surface area contributed by atoms with Crippen molar-refractivity contribution in [1.82, 2.24) is 0 Å². The monoisotopic (exact) mass is 158 g/mol. The first-order valence-electron chi connectivity index (χ1n) is 4.03. The standard InChI is InChI=1S/C10H10N2/c1-11-9-3-4-10-8(7-9)5-6-12(10)2/h3-4,7H,5-6H2,2H3. The molecule has 1 aliphatic rings. The quantitative estimate of drug-likeness (QED) is 0.525. The second-order valence-corrected chi connectivity index (χ2v) is 3.10. The van der Waals surface area contributed by atoms with Crippen LogP contribution in [0, 0.1) is 6.57 Å². The van der Waals surface area contributed by atoms with Gasteiger partial charge in [0.25, 0.3) is 0 Å². The van der Waals surface area contributed by atoms with Gasteiger partial charge >= 0.3 is 0 Å². The number of hydrogen-bond acceptors (Lipinski definition) is 1. The number of hydrogen-bond donors (Lipinski definition) is 0. The summed E-state index contributed by atoms with van der Waals surface area (Å²) in [4.78, 5) is 5.63. The maximum atomic E-state index is 6.87. The number of fused-ring (bicyclic) bond motifs is 1. The lowest BCUT2D eigenvalue weighted by molar-refractivity contribution is 0.956. The van der Waals surface area contributed by atoms with Gasteiger partial charge in [-0.2, -0.15) is 0 Å². The van der Waals surface area contributed by atoms with E-state index in [4.69, 9.17) is 6.57 Å². The molecule has 0 amide bonds. The first-order chi connectivity index (χ1) is 5.81. The van der Waals surface area contributed by atoms with Crippen LogP contribution >= 0.6 is 0 Å². The molecule has 2 rings (SSSR count). The van der Waals surface area contributed by atoms with Gasteiger partial charge in [-0.05, 0) is 18.1 Å². The van der Waals surface area contributed by atoms with Crippen molar-refractivity contribution in [2.75, 3.05) is 18.5 Å². The van der Waals surface area contributed by atoms with Gasteiger partial charge in [-0.15, -0.1) is 0 Å². The van der Waals surface area contributed by atoms with E-state index >= 15 is 0 Å². The summed E-state index contributed by atoms with van der Waals surface area (Å²) in [6, 6.07) is 5.91. The highest BCUT2D eigenvalue weighted by molar-refractivity contribution is 5.63. The van der Waals surface area contributed by atoms with E-state index < -0.39 is 0 Å². The summed E-state index contributed by atoms with van der Waals surface area (Å²) < 4.78 is 0. The van der Waals surface area contributed by atoms with E-state index in [0.717, 1.165) is 18.7 Å². The molecule has 2 heteroatoms. The summed E-state index contributed by atoms with van der Waals surface area (Å²) in [6.07, 6.45) is 1.08. The molecule has 0 aliphatic carbocycles. The zero-order valence-electron chi connectivity index (χ0n) is 7.04. The molecule has 1 heterocycles. The van der Waals surface area contributed by atoms with E-state index in [0.29, 0.717) is 0 Å². The molecular weight excluding hydrogens is 148 g/mol. The lowest BCUT2D eigenvalue weighted by Crippen LogP contribution is -2.12. The normalized spacial score (nSPS) is 14.2. The van der Waals surface area contributed by atoms with Gasteiger partial charge in [0.2, 0.25) is 0 Å². The first-order valence-corrected chi connectivity index (χ1v) is 4.03. The van der Waals surface area contributed by atoms with Crippen LogP contribution in [0.3, 0.4) is 0 Å². The molecule has 0 fully saturated rings. The van der Waals surface area contributed by atoms with Crippen molar-refractivity contribution in [1.29, 1.82) is 0 Å². The van der Waals surface area contributed by atoms with E-state index in [-0.39, 0.29) is 0 Å². The molecule has 0 aromatic heterocycles. The third-order valence-corrected chi connectivity index (χ3v) is 2.32. The van der Waals surface area contributed by atoms with Gasteiger partial charge in [-0.1, -0.05) is 12.1 Å². The zero-order chi connectivity index (χ0) is 8.55. The Morgan fingerprint density at radius 1 is 1.50 bits per heavy atom. The summed E-state index contributed by atoms with van der Waals surface area (Å²) in [5.41, 5.74) is 3.34. The van der Waals surface area contributed by atoms with Crippen LogP contribution in [0.4, 0.5) is 11.4 Å². The van der Waals surface area contributed by atoms with Crippen molar-refractivity contribution in [3.63, 3.8) is 0 Å². The Morgan fingerprint density at radius 2 is 2.33 bits per heavy atom. The Hall–Kier alpha value is -1.49. The Labute approximate surface area is 72.2 Å². The van der Waals surface area contributed by atoms with Gasteiger partial charge in [0, 0.05) is 19.3 Å². The maximum absolute atomic E-state index is 6.87. The molecule has 1 aromatic rings. The molecule has 0 atom stereocenters. The molecule has 0 spiro atoms. The van der Waals surface area contributed by atoms with Crippen molar-refractivity contribution < 1.29 is 0 Å². The van der Waals surface area contributed by atoms with Crippen molar-refractivity contribution in [3.05, 3.63) is 35.2 Å². The molecular formula is C10H10N2. The lowest BCUT2D eigenvalue weighted by Gasteiger charge is -2.10. The average Bonchev–Trinajstić information content (AvgIpc) is 2.47. The second-order valence-electron chi connectivity index (χ2n) is 3.10. The molecule has 0 saturated carbocycles. The number of nitrogens with zero attached hydrogens (tertiary/aromatic N) is 2. The fourth-order valence-electron chi connectivity index (χ4n) is 1.62. The van der Waals surface area contributed by atoms with Crippen molar-refractivity contribution >= 4 is 11.4 Å². The summed E-state index contributed by atoms with van der Waals surface area (Å²) >= 11 is 0. The van der Waals surface area contributed by atoms with Crippen molar-refractivity contribution in [3.8, 4) is 0 Å². The fraction of sp³-hybridized carbons (Fsp3) is 0.300. The van der Waals surface area contributed by atoms with Crippen LogP contribution in [0.1, 0.15) is 5.56 Å². The van der Waals surface area contributed by atoms with Gasteiger partial charge in [-0.25, -0.2) is 4.85 Å². The fourth-order valence-corrected chi connectivity index (χ4v) is 1.62. The van der Waals surface area contributed by atoms with E-state index in [1.54, 1.807) is 0 Å². The van der Waals surface area contributed by atoms with Crippen LogP contribution in [0.25, 0.3) is 4.85 Å². The highest BCUT2D eigenvalue weighted by atomic mass is 15.1. The average molecular weight is 158 g/mol. The summed E-state index contributed by atoms with van der Waals surface area (Å²) in [7, 11) is 2.09. The predicted molar refractivity (Wildman–Crippen MR) is 49.7 cm³/mol. The smallest absolute Gasteiger partial charge is 0.187 e. The molecule has 2 nitrogen and oxygen atoms in total. The molecule has 0 saturated heterocycles. The topological polar surface area (TPSA) is 7.60 Å². The van der Waals surface area contributed by atoms with Crippen LogP contribution in [0.2, 0.25) is 0 Å². The Balaban J connectivity index is 2.50. The summed E-state index contributed by atoms with van der Waals surface area (Å²) in [5.74, 6) is 0. The predicted octanol–water partition coefficient (Wildman–Crippen LogP) is 2.23. The zero-order valence-corrected chi connectivity index (χ0v) is 7.04. The Bertz CT molecular complexity index is 349. The highest BCUT2D eigenvalue weighted by Gasteiger charge is 2.14. The molecule has 0 unspecified atom stereocenters. The van der Waals surface area contributed by atoms with Gasteiger partial charge in [0.05, 0.1) is 6.57 Å². The molecule has 60 valence electrons. The van der Waals surface area contributed by atoms with Crippen molar-refractivity contribution in [2.24, 2.45) is 0 Å². The minimum Gasteiger partial charge on any atom is -0.374 e. The highest BCUT2D eigenvalue weighted by Crippen LogP contribution is 2.29. The van der Waals surface area contributed by atoms with Crippen LogP contribution in [-0.2, 0) is 6.42 Å². The van der Waals surface area contributed by atoms with E-state index in [9.17, 15) is 0 Å².